The molecule has 2 aromatic carbocycles. The highest BCUT2D eigenvalue weighted by Crippen LogP contribution is 2.30. The van der Waals surface area contributed by atoms with E-state index < -0.39 is 0 Å². The number of carbonyl (C=O) groups is 2. The summed E-state index contributed by atoms with van der Waals surface area (Å²) >= 11 is 0. The predicted molar refractivity (Wildman–Crippen MR) is 101 cm³/mol. The summed E-state index contributed by atoms with van der Waals surface area (Å²) in [4.78, 5) is 26.2. The first-order chi connectivity index (χ1) is 13.0. The Kier molecular flexibility index (Phi) is 4.19. The quantitative estimate of drug-likeness (QED) is 0.747. The molecule has 1 aliphatic heterocycles. The van der Waals surface area contributed by atoms with Crippen molar-refractivity contribution in [3.63, 3.8) is 0 Å². The Hall–Kier alpha value is -3.48. The van der Waals surface area contributed by atoms with E-state index in [1.54, 1.807) is 11.9 Å². The van der Waals surface area contributed by atoms with Crippen LogP contribution in [0.1, 0.15) is 34.6 Å². The average Bonchev–Trinajstić information content (AvgIpc) is 3.27. The summed E-state index contributed by atoms with van der Waals surface area (Å²) in [5.41, 5.74) is 4.43. The van der Waals surface area contributed by atoms with Gasteiger partial charge in [0, 0.05) is 18.3 Å². The molecule has 3 aromatic rings. The van der Waals surface area contributed by atoms with Crippen LogP contribution in [0.15, 0.2) is 48.5 Å². The summed E-state index contributed by atoms with van der Waals surface area (Å²) in [6.45, 7) is 1.91. The lowest BCUT2D eigenvalue weighted by Crippen LogP contribution is -2.27. The lowest BCUT2D eigenvalue weighted by molar-refractivity contribution is -0.117. The molecule has 0 radical (unpaired) electrons. The lowest BCUT2D eigenvalue weighted by Gasteiger charge is -2.16. The van der Waals surface area contributed by atoms with Gasteiger partial charge in [-0.2, -0.15) is 15.4 Å². The molecule has 0 aliphatic carbocycles. The van der Waals surface area contributed by atoms with E-state index in [1.807, 2.05) is 55.5 Å². The van der Waals surface area contributed by atoms with E-state index in [9.17, 15) is 9.59 Å². The topological polar surface area (TPSA) is 91.0 Å². The van der Waals surface area contributed by atoms with Crippen molar-refractivity contribution in [2.24, 2.45) is 0 Å². The first kappa shape index (κ1) is 17.0. The van der Waals surface area contributed by atoms with E-state index in [0.29, 0.717) is 12.1 Å². The van der Waals surface area contributed by atoms with E-state index in [4.69, 9.17) is 0 Å². The molecule has 0 spiro atoms. The number of benzene rings is 2. The number of nitrogens with zero attached hydrogens (tertiary/aromatic N) is 3. The van der Waals surface area contributed by atoms with E-state index in [2.05, 4.69) is 20.7 Å². The number of hydrogen-bond donors (Lipinski definition) is 2. The molecule has 2 amide bonds. The molecule has 0 saturated heterocycles. The summed E-state index contributed by atoms with van der Waals surface area (Å²) in [6.07, 6.45) is 0.391. The summed E-state index contributed by atoms with van der Waals surface area (Å²) in [6, 6.07) is 15.0. The van der Waals surface area contributed by atoms with Crippen molar-refractivity contribution in [1.82, 2.24) is 20.7 Å². The molecule has 1 aromatic heterocycles. The molecule has 0 saturated carbocycles. The van der Waals surface area contributed by atoms with Gasteiger partial charge in [-0.15, -0.1) is 0 Å². The van der Waals surface area contributed by atoms with Crippen LogP contribution in [-0.2, 0) is 11.2 Å². The van der Waals surface area contributed by atoms with Crippen molar-refractivity contribution in [1.29, 1.82) is 0 Å². The zero-order chi connectivity index (χ0) is 19.0. The van der Waals surface area contributed by atoms with Crippen LogP contribution < -0.4 is 10.2 Å². The second-order valence-corrected chi connectivity index (χ2v) is 6.60. The SMILES string of the molecule is CC(NC(=O)c1n[nH]nc1-c1ccccc1)c1ccc2c(c1)CC(=O)N2C. The number of likely N-dealkylation sites (N-methyl/N-ethyl adjacent to an activating group) is 1. The number of hydrogen-bond acceptors (Lipinski definition) is 4. The summed E-state index contributed by atoms with van der Waals surface area (Å²) in [7, 11) is 1.77. The van der Waals surface area contributed by atoms with Gasteiger partial charge in [-0.1, -0.05) is 42.5 Å². The number of carbonyl (C=O) groups excluding carboxylic acids is 2. The first-order valence-electron chi connectivity index (χ1n) is 8.71. The summed E-state index contributed by atoms with van der Waals surface area (Å²) < 4.78 is 0. The molecule has 27 heavy (non-hydrogen) atoms. The smallest absolute Gasteiger partial charge is 0.274 e. The standard InChI is InChI=1S/C20H19N5O2/c1-12(14-8-9-16-15(10-14)11-17(26)25(16)2)21-20(27)19-18(22-24-23-19)13-6-4-3-5-7-13/h3-10,12H,11H2,1-2H3,(H,21,27)(H,22,23,24). The molecule has 4 rings (SSSR count). The minimum atomic E-state index is -0.302. The number of fused-ring (bicyclic) bond motifs is 1. The highest BCUT2D eigenvalue weighted by Gasteiger charge is 2.25. The van der Waals surface area contributed by atoms with Gasteiger partial charge in [0.2, 0.25) is 5.91 Å². The Morgan fingerprint density at radius 2 is 1.96 bits per heavy atom. The number of amides is 2. The van der Waals surface area contributed by atoms with Gasteiger partial charge < -0.3 is 10.2 Å². The molecular formula is C20H19N5O2. The molecular weight excluding hydrogens is 342 g/mol. The Balaban J connectivity index is 1.54. The van der Waals surface area contributed by atoms with E-state index in [-0.39, 0.29) is 23.6 Å². The minimum absolute atomic E-state index is 0.0777. The van der Waals surface area contributed by atoms with E-state index in [0.717, 1.165) is 22.4 Å². The largest absolute Gasteiger partial charge is 0.344 e. The second-order valence-electron chi connectivity index (χ2n) is 6.60. The zero-order valence-electron chi connectivity index (χ0n) is 15.1. The minimum Gasteiger partial charge on any atom is -0.344 e. The van der Waals surface area contributed by atoms with Crippen LogP contribution in [0.5, 0.6) is 0 Å². The third kappa shape index (κ3) is 3.08. The molecule has 2 heterocycles. The fourth-order valence-corrected chi connectivity index (χ4v) is 3.29. The van der Waals surface area contributed by atoms with Gasteiger partial charge >= 0.3 is 0 Å². The molecule has 7 nitrogen and oxygen atoms in total. The summed E-state index contributed by atoms with van der Waals surface area (Å²) in [5, 5.41) is 13.6. The van der Waals surface area contributed by atoms with Crippen LogP contribution in [0, 0.1) is 0 Å². The Labute approximate surface area is 156 Å². The van der Waals surface area contributed by atoms with Gasteiger partial charge in [-0.3, -0.25) is 9.59 Å². The fourth-order valence-electron chi connectivity index (χ4n) is 3.29. The highest BCUT2D eigenvalue weighted by molar-refractivity contribution is 6.01. The van der Waals surface area contributed by atoms with Crippen LogP contribution in [-0.4, -0.2) is 34.3 Å². The fraction of sp³-hybridized carbons (Fsp3) is 0.200. The van der Waals surface area contributed by atoms with Crippen molar-refractivity contribution < 1.29 is 9.59 Å². The molecule has 0 fully saturated rings. The monoisotopic (exact) mass is 361 g/mol. The van der Waals surface area contributed by atoms with Crippen molar-refractivity contribution in [2.75, 3.05) is 11.9 Å². The van der Waals surface area contributed by atoms with Gasteiger partial charge in [0.25, 0.3) is 5.91 Å². The van der Waals surface area contributed by atoms with Crippen LogP contribution >= 0.6 is 0 Å². The molecule has 1 aliphatic rings. The van der Waals surface area contributed by atoms with Crippen LogP contribution in [0.3, 0.4) is 0 Å². The van der Waals surface area contributed by atoms with E-state index in [1.165, 1.54) is 0 Å². The number of aromatic nitrogens is 3. The predicted octanol–water partition coefficient (Wildman–Crippen LogP) is 2.48. The van der Waals surface area contributed by atoms with E-state index >= 15 is 0 Å². The molecule has 7 heteroatoms. The van der Waals surface area contributed by atoms with Crippen LogP contribution in [0.2, 0.25) is 0 Å². The Morgan fingerprint density at radius 3 is 2.74 bits per heavy atom. The Morgan fingerprint density at radius 1 is 1.19 bits per heavy atom. The number of rotatable bonds is 4. The lowest BCUT2D eigenvalue weighted by atomic mass is 10.0. The molecule has 1 unspecified atom stereocenters. The molecule has 1 atom stereocenters. The first-order valence-corrected chi connectivity index (χ1v) is 8.71. The maximum absolute atomic E-state index is 12.7. The van der Waals surface area contributed by atoms with Gasteiger partial charge in [-0.05, 0) is 24.1 Å². The number of nitrogens with one attached hydrogen (secondary N) is 2. The van der Waals surface area contributed by atoms with Crippen molar-refractivity contribution in [3.8, 4) is 11.3 Å². The molecule has 0 bridgehead atoms. The average molecular weight is 361 g/mol. The van der Waals surface area contributed by atoms with Crippen LogP contribution in [0.25, 0.3) is 11.3 Å². The van der Waals surface area contributed by atoms with Crippen molar-refractivity contribution in [2.45, 2.75) is 19.4 Å². The summed E-state index contributed by atoms with van der Waals surface area (Å²) in [5.74, 6) is -0.224. The molecule has 136 valence electrons. The maximum Gasteiger partial charge on any atom is 0.274 e. The van der Waals surface area contributed by atoms with Crippen LogP contribution in [0.4, 0.5) is 5.69 Å². The van der Waals surface area contributed by atoms with Gasteiger partial charge in [0.1, 0.15) is 5.69 Å². The van der Waals surface area contributed by atoms with Gasteiger partial charge in [-0.25, -0.2) is 0 Å². The normalized spacial score (nSPS) is 14.1. The van der Waals surface area contributed by atoms with Gasteiger partial charge in [0.15, 0.2) is 5.69 Å². The molecule has 2 N–H and O–H groups in total. The zero-order valence-corrected chi connectivity index (χ0v) is 15.1. The number of H-pyrrole nitrogens is 1. The van der Waals surface area contributed by atoms with Crippen molar-refractivity contribution in [3.05, 3.63) is 65.4 Å². The number of aromatic amines is 1. The Bertz CT molecular complexity index is 1010. The maximum atomic E-state index is 12.7. The van der Waals surface area contributed by atoms with Crippen molar-refractivity contribution >= 4 is 17.5 Å². The third-order valence-corrected chi connectivity index (χ3v) is 4.84. The third-order valence-electron chi connectivity index (χ3n) is 4.84. The second kappa shape index (κ2) is 6.68. The number of anilines is 1. The van der Waals surface area contributed by atoms with Gasteiger partial charge in [0.05, 0.1) is 12.5 Å². The highest BCUT2D eigenvalue weighted by atomic mass is 16.2.